The fourth-order valence-corrected chi connectivity index (χ4v) is 3.94. The van der Waals surface area contributed by atoms with Crippen molar-refractivity contribution in [2.75, 3.05) is 11.4 Å². The minimum absolute atomic E-state index is 0.0668. The molecule has 3 aromatic rings. The van der Waals surface area contributed by atoms with E-state index in [0.717, 1.165) is 24.1 Å². The van der Waals surface area contributed by atoms with Crippen LogP contribution in [0.3, 0.4) is 0 Å². The van der Waals surface area contributed by atoms with Crippen LogP contribution >= 0.6 is 0 Å². The lowest BCUT2D eigenvalue weighted by Gasteiger charge is -2.18. The van der Waals surface area contributed by atoms with Gasteiger partial charge in [-0.15, -0.1) is 0 Å². The van der Waals surface area contributed by atoms with E-state index in [1.54, 1.807) is 17.3 Å². The highest BCUT2D eigenvalue weighted by molar-refractivity contribution is 6.08. The summed E-state index contributed by atoms with van der Waals surface area (Å²) >= 11 is 0. The number of nitrogens with zero attached hydrogens (tertiary/aromatic N) is 4. The Morgan fingerprint density at radius 1 is 1.06 bits per heavy atom. The average molecular weight is 415 g/mol. The third-order valence-electron chi connectivity index (χ3n) is 5.87. The van der Waals surface area contributed by atoms with Crippen molar-refractivity contribution in [2.24, 2.45) is 0 Å². The zero-order chi connectivity index (χ0) is 21.5. The summed E-state index contributed by atoms with van der Waals surface area (Å²) in [4.78, 5) is 32.2. The minimum Gasteiger partial charge on any atom is -0.349 e. The van der Waals surface area contributed by atoms with E-state index in [1.807, 2.05) is 61.0 Å². The highest BCUT2D eigenvalue weighted by Crippen LogP contribution is 2.40. The third kappa shape index (κ3) is 3.71. The highest BCUT2D eigenvalue weighted by atomic mass is 16.2. The van der Waals surface area contributed by atoms with Gasteiger partial charge in [0.15, 0.2) is 5.82 Å². The van der Waals surface area contributed by atoms with Crippen LogP contribution in [0.2, 0.25) is 0 Å². The first-order chi connectivity index (χ1) is 15.0. The summed E-state index contributed by atoms with van der Waals surface area (Å²) < 4.78 is 1.82. The molecule has 2 aliphatic rings. The van der Waals surface area contributed by atoms with Crippen LogP contribution < -0.4 is 10.2 Å². The number of fused-ring (bicyclic) bond motifs is 1. The fraction of sp³-hybridized carbons (Fsp3) is 0.333. The Balaban J connectivity index is 1.53. The molecule has 0 spiro atoms. The van der Waals surface area contributed by atoms with Crippen molar-refractivity contribution in [2.45, 2.75) is 44.7 Å². The van der Waals surface area contributed by atoms with Crippen LogP contribution in [0.1, 0.15) is 70.8 Å². The molecule has 7 nitrogen and oxygen atoms in total. The molecular formula is C24H25N5O2. The van der Waals surface area contributed by atoms with Gasteiger partial charge in [-0.3, -0.25) is 14.3 Å². The topological polar surface area (TPSA) is 80.1 Å². The average Bonchev–Trinajstić information content (AvgIpc) is 3.32. The van der Waals surface area contributed by atoms with E-state index in [9.17, 15) is 9.59 Å². The predicted octanol–water partition coefficient (Wildman–Crippen LogP) is 3.54. The number of benzene rings is 2. The van der Waals surface area contributed by atoms with Gasteiger partial charge in [-0.1, -0.05) is 18.2 Å². The van der Waals surface area contributed by atoms with Crippen molar-refractivity contribution in [1.82, 2.24) is 20.1 Å². The van der Waals surface area contributed by atoms with Gasteiger partial charge in [0.05, 0.1) is 5.92 Å². The molecule has 0 saturated heterocycles. The highest BCUT2D eigenvalue weighted by Gasteiger charge is 2.36. The van der Waals surface area contributed by atoms with Crippen LogP contribution in [-0.4, -0.2) is 39.2 Å². The molecule has 31 heavy (non-hydrogen) atoms. The van der Waals surface area contributed by atoms with Crippen LogP contribution in [0.15, 0.2) is 54.9 Å². The number of carbonyl (C=O) groups excluding carboxylic acids is 2. The Morgan fingerprint density at radius 2 is 1.84 bits per heavy atom. The quantitative estimate of drug-likeness (QED) is 0.691. The number of anilines is 1. The van der Waals surface area contributed by atoms with Gasteiger partial charge < -0.3 is 10.2 Å². The van der Waals surface area contributed by atoms with Crippen molar-refractivity contribution in [3.8, 4) is 0 Å². The molecule has 2 heterocycles. The maximum absolute atomic E-state index is 13.3. The van der Waals surface area contributed by atoms with E-state index in [2.05, 4.69) is 15.4 Å². The van der Waals surface area contributed by atoms with Gasteiger partial charge in [-0.2, -0.15) is 5.10 Å². The number of carbonyl (C=O) groups is 2. The van der Waals surface area contributed by atoms with Gasteiger partial charge >= 0.3 is 0 Å². The molecule has 1 saturated carbocycles. The van der Waals surface area contributed by atoms with Gasteiger partial charge in [-0.05, 0) is 62.6 Å². The number of aromatic nitrogens is 3. The molecule has 0 radical (unpaired) electrons. The molecule has 1 unspecified atom stereocenters. The summed E-state index contributed by atoms with van der Waals surface area (Å²) in [6.45, 7) is 4.54. The second-order valence-corrected chi connectivity index (χ2v) is 8.53. The first-order valence-corrected chi connectivity index (χ1v) is 10.7. The van der Waals surface area contributed by atoms with Crippen molar-refractivity contribution in [3.05, 3.63) is 77.4 Å². The lowest BCUT2D eigenvalue weighted by atomic mass is 9.98. The van der Waals surface area contributed by atoms with Crippen LogP contribution in [0, 0.1) is 0 Å². The molecule has 2 aromatic carbocycles. The van der Waals surface area contributed by atoms with Gasteiger partial charge in [-0.25, -0.2) is 4.98 Å². The predicted molar refractivity (Wildman–Crippen MR) is 117 cm³/mol. The van der Waals surface area contributed by atoms with E-state index in [4.69, 9.17) is 0 Å². The molecule has 7 heteroatoms. The lowest BCUT2D eigenvalue weighted by Crippen LogP contribution is -2.30. The standard InChI is InChI=1S/C24H25N5O2/c1-15(2)29-14-25-22(27-29)20-13-28(24(31)16-6-4-3-5-7-16)21-11-8-17(12-19(20)21)23(30)26-18-9-10-18/h3-8,11-12,14-15,18,20H,9-10,13H2,1-2H3,(H,26,30). The SMILES string of the molecule is CC(C)n1cnc(C2CN(C(=O)c3ccccc3)c3ccc(C(=O)NC4CC4)cc32)n1. The van der Waals surface area contributed by atoms with Crippen LogP contribution in [0.5, 0.6) is 0 Å². The maximum atomic E-state index is 13.3. The molecule has 5 rings (SSSR count). The van der Waals surface area contributed by atoms with Gasteiger partial charge in [0, 0.05) is 35.4 Å². The lowest BCUT2D eigenvalue weighted by molar-refractivity contribution is 0.0949. The summed E-state index contributed by atoms with van der Waals surface area (Å²) in [7, 11) is 0. The first kappa shape index (κ1) is 19.5. The summed E-state index contributed by atoms with van der Waals surface area (Å²) in [5, 5.41) is 7.70. The smallest absolute Gasteiger partial charge is 0.258 e. The second-order valence-electron chi connectivity index (χ2n) is 8.53. The number of nitrogens with one attached hydrogen (secondary N) is 1. The Labute approximate surface area is 181 Å². The maximum Gasteiger partial charge on any atom is 0.258 e. The monoisotopic (exact) mass is 415 g/mol. The molecular weight excluding hydrogens is 390 g/mol. The van der Waals surface area contributed by atoms with E-state index < -0.39 is 0 Å². The van der Waals surface area contributed by atoms with Crippen LogP contribution in [-0.2, 0) is 0 Å². The molecule has 1 atom stereocenters. The molecule has 0 bridgehead atoms. The Kier molecular flexibility index (Phi) is 4.81. The van der Waals surface area contributed by atoms with Crippen molar-refractivity contribution in [3.63, 3.8) is 0 Å². The number of hydrogen-bond acceptors (Lipinski definition) is 4. The van der Waals surface area contributed by atoms with Gasteiger partial charge in [0.2, 0.25) is 0 Å². The zero-order valence-corrected chi connectivity index (χ0v) is 17.7. The van der Waals surface area contributed by atoms with Gasteiger partial charge in [0.1, 0.15) is 6.33 Å². The zero-order valence-electron chi connectivity index (χ0n) is 17.7. The van der Waals surface area contributed by atoms with Crippen LogP contribution in [0.4, 0.5) is 5.69 Å². The first-order valence-electron chi connectivity index (χ1n) is 10.7. The van der Waals surface area contributed by atoms with Gasteiger partial charge in [0.25, 0.3) is 11.8 Å². The molecule has 1 aliphatic carbocycles. The second kappa shape index (κ2) is 7.65. The summed E-state index contributed by atoms with van der Waals surface area (Å²) in [6.07, 6.45) is 3.80. The molecule has 1 aliphatic heterocycles. The number of amides is 2. The van der Waals surface area contributed by atoms with Crippen molar-refractivity contribution in [1.29, 1.82) is 0 Å². The van der Waals surface area contributed by atoms with E-state index in [-0.39, 0.29) is 29.8 Å². The third-order valence-corrected chi connectivity index (χ3v) is 5.87. The Hall–Kier alpha value is -3.48. The van der Waals surface area contributed by atoms with Crippen molar-refractivity contribution >= 4 is 17.5 Å². The fourth-order valence-electron chi connectivity index (χ4n) is 3.94. The van der Waals surface area contributed by atoms with E-state index in [0.29, 0.717) is 23.5 Å². The molecule has 1 N–H and O–H groups in total. The molecule has 1 aromatic heterocycles. The normalized spacial score (nSPS) is 17.6. The summed E-state index contributed by atoms with van der Waals surface area (Å²) in [5.41, 5.74) is 2.95. The van der Waals surface area contributed by atoms with E-state index >= 15 is 0 Å². The minimum atomic E-state index is -0.184. The number of hydrogen-bond donors (Lipinski definition) is 1. The largest absolute Gasteiger partial charge is 0.349 e. The Bertz CT molecular complexity index is 1130. The van der Waals surface area contributed by atoms with Crippen LogP contribution in [0.25, 0.3) is 0 Å². The molecule has 158 valence electrons. The van der Waals surface area contributed by atoms with Crippen molar-refractivity contribution < 1.29 is 9.59 Å². The molecule has 2 amide bonds. The number of rotatable bonds is 5. The molecule has 1 fully saturated rings. The summed E-state index contributed by atoms with van der Waals surface area (Å²) in [6, 6.07) is 15.3. The Morgan fingerprint density at radius 3 is 2.52 bits per heavy atom. The van der Waals surface area contributed by atoms with E-state index in [1.165, 1.54) is 0 Å². The summed E-state index contributed by atoms with van der Waals surface area (Å²) in [5.74, 6) is 0.342.